The SMILES string of the molecule is CC1(C)CN(Cc2cc(F)ccc2O)CCO1. The molecule has 1 aromatic rings. The first-order valence-electron chi connectivity index (χ1n) is 5.80. The van der Waals surface area contributed by atoms with Gasteiger partial charge in [0.1, 0.15) is 11.6 Å². The van der Waals surface area contributed by atoms with Crippen LogP contribution in [-0.2, 0) is 11.3 Å². The summed E-state index contributed by atoms with van der Waals surface area (Å²) in [6, 6.07) is 4.05. The summed E-state index contributed by atoms with van der Waals surface area (Å²) in [5.41, 5.74) is 0.448. The minimum Gasteiger partial charge on any atom is -0.508 e. The van der Waals surface area contributed by atoms with Crippen LogP contribution < -0.4 is 0 Å². The Labute approximate surface area is 101 Å². The minimum atomic E-state index is -0.315. The van der Waals surface area contributed by atoms with E-state index < -0.39 is 0 Å². The topological polar surface area (TPSA) is 32.7 Å². The van der Waals surface area contributed by atoms with Crippen LogP contribution in [0.3, 0.4) is 0 Å². The lowest BCUT2D eigenvalue weighted by Gasteiger charge is -2.38. The van der Waals surface area contributed by atoms with Gasteiger partial charge in [0.05, 0.1) is 12.2 Å². The number of halogens is 1. The highest BCUT2D eigenvalue weighted by molar-refractivity contribution is 5.32. The van der Waals surface area contributed by atoms with E-state index in [1.165, 1.54) is 18.2 Å². The van der Waals surface area contributed by atoms with Gasteiger partial charge in [0, 0.05) is 25.2 Å². The number of hydrogen-bond donors (Lipinski definition) is 1. The van der Waals surface area contributed by atoms with E-state index in [0.29, 0.717) is 18.7 Å². The van der Waals surface area contributed by atoms with Gasteiger partial charge in [-0.3, -0.25) is 4.90 Å². The lowest BCUT2D eigenvalue weighted by atomic mass is 10.1. The van der Waals surface area contributed by atoms with Crippen molar-refractivity contribution >= 4 is 0 Å². The summed E-state index contributed by atoms with van der Waals surface area (Å²) < 4.78 is 18.7. The van der Waals surface area contributed by atoms with Crippen LogP contribution in [0.25, 0.3) is 0 Å². The van der Waals surface area contributed by atoms with Crippen LogP contribution >= 0.6 is 0 Å². The van der Waals surface area contributed by atoms with E-state index in [2.05, 4.69) is 4.90 Å². The van der Waals surface area contributed by atoms with Crippen molar-refractivity contribution in [2.75, 3.05) is 19.7 Å². The highest BCUT2D eigenvalue weighted by Crippen LogP contribution is 2.23. The zero-order valence-corrected chi connectivity index (χ0v) is 10.2. The molecule has 0 bridgehead atoms. The molecule has 17 heavy (non-hydrogen) atoms. The number of phenols is 1. The number of aromatic hydroxyl groups is 1. The van der Waals surface area contributed by atoms with E-state index in [1.807, 2.05) is 13.8 Å². The van der Waals surface area contributed by atoms with Crippen LogP contribution in [0.15, 0.2) is 18.2 Å². The molecule has 3 nitrogen and oxygen atoms in total. The largest absolute Gasteiger partial charge is 0.508 e. The number of phenolic OH excluding ortho intramolecular Hbond substituents is 1. The summed E-state index contributed by atoms with van der Waals surface area (Å²) >= 11 is 0. The van der Waals surface area contributed by atoms with Gasteiger partial charge in [-0.15, -0.1) is 0 Å². The molecule has 1 aliphatic rings. The first kappa shape index (κ1) is 12.3. The van der Waals surface area contributed by atoms with E-state index in [1.54, 1.807) is 0 Å². The molecule has 1 saturated heterocycles. The molecule has 94 valence electrons. The maximum absolute atomic E-state index is 13.1. The molecule has 0 unspecified atom stereocenters. The highest BCUT2D eigenvalue weighted by atomic mass is 19.1. The average molecular weight is 239 g/mol. The average Bonchev–Trinajstić information content (AvgIpc) is 2.22. The van der Waals surface area contributed by atoms with E-state index >= 15 is 0 Å². The summed E-state index contributed by atoms with van der Waals surface area (Å²) in [6.07, 6.45) is 0. The molecular weight excluding hydrogens is 221 g/mol. The first-order chi connectivity index (χ1) is 7.96. The Morgan fingerprint density at radius 3 is 2.94 bits per heavy atom. The summed E-state index contributed by atoms with van der Waals surface area (Å²) in [5.74, 6) is -0.166. The molecule has 0 saturated carbocycles. The molecular formula is C13H18FNO2. The Morgan fingerprint density at radius 2 is 2.24 bits per heavy atom. The minimum absolute atomic E-state index is 0.149. The van der Waals surface area contributed by atoms with Gasteiger partial charge in [0.25, 0.3) is 0 Å². The molecule has 1 aliphatic heterocycles. The van der Waals surface area contributed by atoms with Crippen molar-refractivity contribution in [3.05, 3.63) is 29.6 Å². The number of benzene rings is 1. The normalized spacial score (nSPS) is 20.4. The van der Waals surface area contributed by atoms with Gasteiger partial charge in [-0.1, -0.05) is 0 Å². The number of rotatable bonds is 2. The second kappa shape index (κ2) is 4.63. The molecule has 2 rings (SSSR count). The van der Waals surface area contributed by atoms with Crippen LogP contribution in [0.4, 0.5) is 4.39 Å². The Kier molecular flexibility index (Phi) is 3.35. The van der Waals surface area contributed by atoms with Crippen LogP contribution in [0.5, 0.6) is 5.75 Å². The molecule has 1 aromatic carbocycles. The second-order valence-corrected chi connectivity index (χ2v) is 5.09. The molecule has 1 heterocycles. The third kappa shape index (κ3) is 3.17. The van der Waals surface area contributed by atoms with Gasteiger partial charge in [-0.25, -0.2) is 4.39 Å². The van der Waals surface area contributed by atoms with Crippen molar-refractivity contribution in [1.82, 2.24) is 4.90 Å². The molecule has 0 atom stereocenters. The van der Waals surface area contributed by atoms with Gasteiger partial charge in [0.2, 0.25) is 0 Å². The molecule has 0 aromatic heterocycles. The molecule has 1 fully saturated rings. The summed E-state index contributed by atoms with van der Waals surface area (Å²) in [7, 11) is 0. The van der Waals surface area contributed by atoms with E-state index in [9.17, 15) is 9.50 Å². The lowest BCUT2D eigenvalue weighted by Crippen LogP contribution is -2.47. The Morgan fingerprint density at radius 1 is 1.47 bits per heavy atom. The number of ether oxygens (including phenoxy) is 1. The van der Waals surface area contributed by atoms with Crippen LogP contribution in [0.1, 0.15) is 19.4 Å². The first-order valence-corrected chi connectivity index (χ1v) is 5.80. The highest BCUT2D eigenvalue weighted by Gasteiger charge is 2.27. The zero-order valence-electron chi connectivity index (χ0n) is 10.2. The molecule has 1 N–H and O–H groups in total. The van der Waals surface area contributed by atoms with Gasteiger partial charge in [0.15, 0.2) is 0 Å². The van der Waals surface area contributed by atoms with Crippen molar-refractivity contribution in [3.63, 3.8) is 0 Å². The maximum atomic E-state index is 13.1. The summed E-state index contributed by atoms with van der Waals surface area (Å²) in [5, 5.41) is 9.67. The van der Waals surface area contributed by atoms with Crippen molar-refractivity contribution < 1.29 is 14.2 Å². The van der Waals surface area contributed by atoms with Crippen molar-refractivity contribution in [1.29, 1.82) is 0 Å². The summed E-state index contributed by atoms with van der Waals surface area (Å²) in [6.45, 7) is 6.87. The predicted octanol–water partition coefficient (Wildman–Crippen LogP) is 2.14. The fourth-order valence-corrected chi connectivity index (χ4v) is 2.17. The quantitative estimate of drug-likeness (QED) is 0.858. The van der Waals surface area contributed by atoms with Crippen LogP contribution in [0.2, 0.25) is 0 Å². The van der Waals surface area contributed by atoms with Crippen molar-refractivity contribution in [3.8, 4) is 5.75 Å². The Hall–Kier alpha value is -1.13. The molecule has 0 amide bonds. The smallest absolute Gasteiger partial charge is 0.123 e. The van der Waals surface area contributed by atoms with E-state index in [-0.39, 0.29) is 17.2 Å². The molecule has 4 heteroatoms. The predicted molar refractivity (Wildman–Crippen MR) is 63.4 cm³/mol. The lowest BCUT2D eigenvalue weighted by molar-refractivity contribution is -0.0884. The molecule has 0 aliphatic carbocycles. The van der Waals surface area contributed by atoms with Crippen molar-refractivity contribution in [2.45, 2.75) is 26.0 Å². The summed E-state index contributed by atoms with van der Waals surface area (Å²) in [4.78, 5) is 2.16. The second-order valence-electron chi connectivity index (χ2n) is 5.09. The fourth-order valence-electron chi connectivity index (χ4n) is 2.17. The van der Waals surface area contributed by atoms with E-state index in [4.69, 9.17) is 4.74 Å². The van der Waals surface area contributed by atoms with Gasteiger partial charge in [-0.2, -0.15) is 0 Å². The zero-order chi connectivity index (χ0) is 12.5. The van der Waals surface area contributed by atoms with Crippen molar-refractivity contribution in [2.24, 2.45) is 0 Å². The number of morpholine rings is 1. The maximum Gasteiger partial charge on any atom is 0.123 e. The van der Waals surface area contributed by atoms with Crippen LogP contribution in [0, 0.1) is 5.82 Å². The monoisotopic (exact) mass is 239 g/mol. The third-order valence-corrected chi connectivity index (χ3v) is 2.94. The standard InChI is InChI=1S/C13H18FNO2/c1-13(2)9-15(5-6-17-13)8-10-7-11(14)3-4-12(10)16/h3-4,7,16H,5-6,8-9H2,1-2H3. The number of hydrogen-bond acceptors (Lipinski definition) is 3. The Bertz CT molecular complexity index is 406. The number of nitrogens with zero attached hydrogens (tertiary/aromatic N) is 1. The van der Waals surface area contributed by atoms with Gasteiger partial charge >= 0.3 is 0 Å². The Balaban J connectivity index is 2.07. The van der Waals surface area contributed by atoms with E-state index in [0.717, 1.165) is 13.1 Å². The third-order valence-electron chi connectivity index (χ3n) is 2.94. The van der Waals surface area contributed by atoms with Gasteiger partial charge in [-0.05, 0) is 32.0 Å². The van der Waals surface area contributed by atoms with Gasteiger partial charge < -0.3 is 9.84 Å². The fraction of sp³-hybridized carbons (Fsp3) is 0.538. The molecule has 0 radical (unpaired) electrons. The van der Waals surface area contributed by atoms with Crippen LogP contribution in [-0.4, -0.2) is 35.3 Å². The molecule has 0 spiro atoms.